The molecule has 0 bridgehead atoms. The third-order valence-corrected chi connectivity index (χ3v) is 6.22. The molecule has 1 aromatic carbocycles. The van der Waals surface area contributed by atoms with E-state index in [0.717, 1.165) is 47.8 Å². The molecule has 2 aliphatic rings. The van der Waals surface area contributed by atoms with E-state index >= 15 is 0 Å². The molecule has 3 heterocycles. The average molecular weight is 437 g/mol. The SMILES string of the molecule is Cc1nc([C@H]2CCCN(C(=O)COC(C)C)C2)nc2c1CCC(=O)N2Cc1ccccc1. The average Bonchev–Trinajstić information content (AvgIpc) is 2.80. The summed E-state index contributed by atoms with van der Waals surface area (Å²) in [6.45, 7) is 7.79. The van der Waals surface area contributed by atoms with Crippen LogP contribution in [0.15, 0.2) is 30.3 Å². The Morgan fingerprint density at radius 2 is 1.97 bits per heavy atom. The van der Waals surface area contributed by atoms with Crippen molar-refractivity contribution >= 4 is 17.6 Å². The molecule has 7 nitrogen and oxygen atoms in total. The van der Waals surface area contributed by atoms with Crippen LogP contribution in [0, 0.1) is 6.92 Å². The normalized spacial score (nSPS) is 18.8. The number of piperidine rings is 1. The molecule has 2 amide bonds. The number of benzene rings is 1. The number of nitrogens with zero attached hydrogens (tertiary/aromatic N) is 4. The van der Waals surface area contributed by atoms with Crippen molar-refractivity contribution in [1.29, 1.82) is 0 Å². The van der Waals surface area contributed by atoms with E-state index in [0.29, 0.717) is 25.9 Å². The van der Waals surface area contributed by atoms with Gasteiger partial charge in [-0.2, -0.15) is 0 Å². The maximum absolute atomic E-state index is 12.8. The van der Waals surface area contributed by atoms with Crippen molar-refractivity contribution in [1.82, 2.24) is 14.9 Å². The van der Waals surface area contributed by atoms with Crippen LogP contribution in [0.1, 0.15) is 61.7 Å². The van der Waals surface area contributed by atoms with Crippen molar-refractivity contribution in [2.75, 3.05) is 24.6 Å². The van der Waals surface area contributed by atoms with Crippen molar-refractivity contribution in [2.45, 2.75) is 65.0 Å². The lowest BCUT2D eigenvalue weighted by atomic mass is 9.95. The molecule has 0 N–H and O–H groups in total. The molecule has 1 saturated heterocycles. The smallest absolute Gasteiger partial charge is 0.248 e. The lowest BCUT2D eigenvalue weighted by molar-refractivity contribution is -0.138. The summed E-state index contributed by atoms with van der Waals surface area (Å²) in [6.07, 6.45) is 3.02. The van der Waals surface area contributed by atoms with Crippen LogP contribution in [0.5, 0.6) is 0 Å². The summed E-state index contributed by atoms with van der Waals surface area (Å²) < 4.78 is 5.51. The van der Waals surface area contributed by atoms with Gasteiger partial charge in [-0.1, -0.05) is 30.3 Å². The minimum atomic E-state index is 0.0129. The first kappa shape index (κ1) is 22.4. The quantitative estimate of drug-likeness (QED) is 0.694. The Morgan fingerprint density at radius 3 is 2.72 bits per heavy atom. The topological polar surface area (TPSA) is 75.6 Å². The zero-order chi connectivity index (χ0) is 22.7. The number of hydrogen-bond donors (Lipinski definition) is 0. The summed E-state index contributed by atoms with van der Waals surface area (Å²) in [6, 6.07) is 10.00. The molecule has 0 radical (unpaired) electrons. The predicted molar refractivity (Wildman–Crippen MR) is 122 cm³/mol. The zero-order valence-corrected chi connectivity index (χ0v) is 19.2. The minimum absolute atomic E-state index is 0.0129. The van der Waals surface area contributed by atoms with Gasteiger partial charge in [0.2, 0.25) is 11.8 Å². The molecule has 4 rings (SSSR count). The van der Waals surface area contributed by atoms with E-state index < -0.39 is 0 Å². The highest BCUT2D eigenvalue weighted by atomic mass is 16.5. The first-order valence-electron chi connectivity index (χ1n) is 11.5. The molecule has 0 aliphatic carbocycles. The van der Waals surface area contributed by atoms with Crippen molar-refractivity contribution in [3.05, 3.63) is 53.0 Å². The second kappa shape index (κ2) is 9.77. The largest absolute Gasteiger partial charge is 0.369 e. The Balaban J connectivity index is 1.57. The van der Waals surface area contributed by atoms with E-state index in [2.05, 4.69) is 0 Å². The fraction of sp³-hybridized carbons (Fsp3) is 0.520. The Morgan fingerprint density at radius 1 is 1.19 bits per heavy atom. The van der Waals surface area contributed by atoms with Crippen LogP contribution in [0.25, 0.3) is 0 Å². The maximum Gasteiger partial charge on any atom is 0.248 e. The van der Waals surface area contributed by atoms with Crippen molar-refractivity contribution in [3.8, 4) is 0 Å². The molecule has 1 fully saturated rings. The Labute approximate surface area is 189 Å². The van der Waals surface area contributed by atoms with Gasteiger partial charge in [-0.3, -0.25) is 14.5 Å². The van der Waals surface area contributed by atoms with Crippen molar-refractivity contribution in [2.24, 2.45) is 0 Å². The number of amides is 2. The number of anilines is 1. The van der Waals surface area contributed by atoms with Gasteiger partial charge in [0.05, 0.1) is 12.6 Å². The van der Waals surface area contributed by atoms with E-state index in [-0.39, 0.29) is 30.4 Å². The van der Waals surface area contributed by atoms with Gasteiger partial charge < -0.3 is 9.64 Å². The van der Waals surface area contributed by atoms with Gasteiger partial charge in [-0.15, -0.1) is 0 Å². The number of aromatic nitrogens is 2. The number of aryl methyl sites for hydroxylation is 1. The molecular formula is C25H32N4O3. The first-order chi connectivity index (χ1) is 15.4. The van der Waals surface area contributed by atoms with Gasteiger partial charge in [0, 0.05) is 36.7 Å². The monoisotopic (exact) mass is 436 g/mol. The highest BCUT2D eigenvalue weighted by Crippen LogP contribution is 2.33. The number of hydrogen-bond acceptors (Lipinski definition) is 5. The Kier molecular flexibility index (Phi) is 6.84. The van der Waals surface area contributed by atoms with E-state index in [1.165, 1.54) is 0 Å². The number of fused-ring (bicyclic) bond motifs is 1. The summed E-state index contributed by atoms with van der Waals surface area (Å²) in [5, 5.41) is 0. The molecule has 0 saturated carbocycles. The third-order valence-electron chi connectivity index (χ3n) is 6.22. The van der Waals surface area contributed by atoms with Crippen molar-refractivity contribution < 1.29 is 14.3 Å². The molecular weight excluding hydrogens is 404 g/mol. The molecule has 2 aromatic rings. The van der Waals surface area contributed by atoms with Gasteiger partial charge in [-0.05, 0) is 45.6 Å². The molecule has 0 spiro atoms. The van der Waals surface area contributed by atoms with E-state index in [1.54, 1.807) is 4.90 Å². The van der Waals surface area contributed by atoms with Gasteiger partial charge in [-0.25, -0.2) is 9.97 Å². The van der Waals surface area contributed by atoms with Gasteiger partial charge in [0.15, 0.2) is 0 Å². The van der Waals surface area contributed by atoms with E-state index in [1.807, 2.05) is 56.0 Å². The van der Waals surface area contributed by atoms with Crippen LogP contribution < -0.4 is 4.90 Å². The number of carbonyl (C=O) groups is 2. The molecule has 1 aromatic heterocycles. The van der Waals surface area contributed by atoms with Crippen molar-refractivity contribution in [3.63, 3.8) is 0 Å². The second-order valence-corrected chi connectivity index (χ2v) is 8.97. The highest BCUT2D eigenvalue weighted by molar-refractivity contribution is 5.95. The minimum Gasteiger partial charge on any atom is -0.369 e. The summed E-state index contributed by atoms with van der Waals surface area (Å²) in [5.41, 5.74) is 3.06. The third kappa shape index (κ3) is 4.99. The van der Waals surface area contributed by atoms with Crippen LogP contribution in [0.4, 0.5) is 5.82 Å². The molecule has 32 heavy (non-hydrogen) atoms. The van der Waals surface area contributed by atoms with E-state index in [4.69, 9.17) is 14.7 Å². The predicted octanol–water partition coefficient (Wildman–Crippen LogP) is 3.40. The number of likely N-dealkylation sites (tertiary alicyclic amines) is 1. The summed E-state index contributed by atoms with van der Waals surface area (Å²) in [5.74, 6) is 1.64. The molecule has 1 atom stereocenters. The van der Waals surface area contributed by atoms with Gasteiger partial charge >= 0.3 is 0 Å². The summed E-state index contributed by atoms with van der Waals surface area (Å²) in [4.78, 5) is 38.8. The van der Waals surface area contributed by atoms with Gasteiger partial charge in [0.25, 0.3) is 0 Å². The fourth-order valence-electron chi connectivity index (χ4n) is 4.46. The highest BCUT2D eigenvalue weighted by Gasteiger charge is 2.32. The molecule has 170 valence electrons. The lowest BCUT2D eigenvalue weighted by Gasteiger charge is -2.34. The molecule has 7 heteroatoms. The number of ether oxygens (including phenoxy) is 1. The van der Waals surface area contributed by atoms with Crippen LogP contribution in [-0.2, 0) is 27.3 Å². The summed E-state index contributed by atoms with van der Waals surface area (Å²) in [7, 11) is 0. The van der Waals surface area contributed by atoms with Crippen LogP contribution in [-0.4, -0.2) is 52.5 Å². The van der Waals surface area contributed by atoms with Crippen LogP contribution in [0.3, 0.4) is 0 Å². The number of carbonyl (C=O) groups excluding carboxylic acids is 2. The molecule has 2 aliphatic heterocycles. The number of rotatable bonds is 6. The Bertz CT molecular complexity index is 977. The summed E-state index contributed by atoms with van der Waals surface area (Å²) >= 11 is 0. The van der Waals surface area contributed by atoms with Crippen LogP contribution in [0.2, 0.25) is 0 Å². The van der Waals surface area contributed by atoms with Gasteiger partial charge in [0.1, 0.15) is 18.2 Å². The fourth-order valence-corrected chi connectivity index (χ4v) is 4.46. The first-order valence-corrected chi connectivity index (χ1v) is 11.5. The molecule has 0 unspecified atom stereocenters. The zero-order valence-electron chi connectivity index (χ0n) is 19.2. The second-order valence-electron chi connectivity index (χ2n) is 8.97. The standard InChI is InChI=1S/C25H32N4O3/c1-17(2)32-16-23(31)28-13-7-10-20(15-28)24-26-18(3)21-11-12-22(30)29(25(21)27-24)14-19-8-5-4-6-9-19/h4-6,8-9,17,20H,7,10-16H2,1-3H3/t20-/m0/s1. The van der Waals surface area contributed by atoms with Crippen LogP contribution >= 0.6 is 0 Å². The van der Waals surface area contributed by atoms with E-state index in [9.17, 15) is 9.59 Å². The maximum atomic E-state index is 12.8. The Hall–Kier alpha value is -2.80. The lowest BCUT2D eigenvalue weighted by Crippen LogP contribution is -2.42.